The number of nitrogens with one attached hydrogen (secondary N) is 1. The lowest BCUT2D eigenvalue weighted by Crippen LogP contribution is -2.40. The molecule has 0 aliphatic heterocycles. The molecule has 200 valence electrons. The molecule has 0 spiro atoms. The number of benzene rings is 3. The summed E-state index contributed by atoms with van der Waals surface area (Å²) in [5, 5.41) is 14.4. The Balaban J connectivity index is 1.14. The standard InChI is InChI=1S/C33H39NO4/c1-22-16-27(12-13-29(22)32(36)37-3)31-11-7-6-10-30(31)23(2)38-21-28(35)20-34-33(14-15-33)19-24-17-25-8-4-5-9-26(25)18-24/h4-13,16,23-24,28,34-35H,14-15,17-21H2,1-3H3/t23?,28-/m1/s1. The van der Waals surface area contributed by atoms with Crippen LogP contribution in [0.5, 0.6) is 0 Å². The molecule has 1 fully saturated rings. The summed E-state index contributed by atoms with van der Waals surface area (Å²) >= 11 is 0. The summed E-state index contributed by atoms with van der Waals surface area (Å²) < 4.78 is 11.0. The lowest BCUT2D eigenvalue weighted by Gasteiger charge is -2.24. The van der Waals surface area contributed by atoms with E-state index in [4.69, 9.17) is 9.47 Å². The molecular formula is C33H39NO4. The third-order valence-electron chi connectivity index (χ3n) is 8.26. The van der Waals surface area contributed by atoms with Crippen LogP contribution in [0.25, 0.3) is 11.1 Å². The fourth-order valence-corrected chi connectivity index (χ4v) is 5.97. The molecule has 0 aromatic heterocycles. The van der Waals surface area contributed by atoms with Gasteiger partial charge in [0.05, 0.1) is 31.5 Å². The fourth-order valence-electron chi connectivity index (χ4n) is 5.97. The van der Waals surface area contributed by atoms with E-state index in [0.29, 0.717) is 18.0 Å². The smallest absolute Gasteiger partial charge is 0.338 e. The minimum Gasteiger partial charge on any atom is -0.465 e. The third kappa shape index (κ3) is 6.01. The number of carbonyl (C=O) groups excluding carboxylic acids is 1. The van der Waals surface area contributed by atoms with Crippen molar-refractivity contribution in [3.05, 3.63) is 94.5 Å². The van der Waals surface area contributed by atoms with Crippen LogP contribution in [0.2, 0.25) is 0 Å². The van der Waals surface area contributed by atoms with Crippen molar-refractivity contribution in [3.8, 4) is 11.1 Å². The quantitative estimate of drug-likeness (QED) is 0.317. The van der Waals surface area contributed by atoms with E-state index in [1.165, 1.54) is 50.3 Å². The van der Waals surface area contributed by atoms with Crippen molar-refractivity contribution >= 4 is 5.97 Å². The van der Waals surface area contributed by atoms with Crippen LogP contribution in [0.4, 0.5) is 0 Å². The van der Waals surface area contributed by atoms with Crippen molar-refractivity contribution in [2.75, 3.05) is 20.3 Å². The van der Waals surface area contributed by atoms with E-state index in [1.807, 2.05) is 44.2 Å². The molecular weight excluding hydrogens is 474 g/mol. The molecule has 5 nitrogen and oxygen atoms in total. The zero-order valence-corrected chi connectivity index (χ0v) is 22.7. The Bertz CT molecular complexity index is 1260. The highest BCUT2D eigenvalue weighted by Crippen LogP contribution is 2.44. The first-order valence-corrected chi connectivity index (χ1v) is 13.8. The van der Waals surface area contributed by atoms with Crippen LogP contribution in [0, 0.1) is 12.8 Å². The van der Waals surface area contributed by atoms with Gasteiger partial charge in [-0.05, 0) is 91.3 Å². The Morgan fingerprint density at radius 3 is 2.39 bits per heavy atom. The summed E-state index contributed by atoms with van der Waals surface area (Å²) in [5.74, 6) is 0.362. The average Bonchev–Trinajstić information content (AvgIpc) is 3.57. The summed E-state index contributed by atoms with van der Waals surface area (Å²) in [6.07, 6.45) is 5.14. The predicted octanol–water partition coefficient (Wildman–Crippen LogP) is 5.81. The van der Waals surface area contributed by atoms with Crippen LogP contribution in [0.15, 0.2) is 66.7 Å². The molecule has 2 N–H and O–H groups in total. The minimum atomic E-state index is -0.565. The van der Waals surface area contributed by atoms with E-state index in [2.05, 4.69) is 41.7 Å². The Hall–Kier alpha value is -2.99. The first-order chi connectivity index (χ1) is 18.4. The van der Waals surface area contributed by atoms with E-state index < -0.39 is 6.10 Å². The number of hydrogen-bond acceptors (Lipinski definition) is 5. The normalized spacial score (nSPS) is 17.6. The number of β-amino-alcohol motifs (C(OH)–C–C–N with tert-alkyl or cyclic N) is 1. The molecule has 5 rings (SSSR count). The van der Waals surface area contributed by atoms with Crippen LogP contribution < -0.4 is 5.32 Å². The molecule has 0 radical (unpaired) electrons. The maximum atomic E-state index is 12.0. The molecule has 2 aliphatic rings. The fraction of sp³-hybridized carbons (Fsp3) is 0.424. The topological polar surface area (TPSA) is 67.8 Å². The summed E-state index contributed by atoms with van der Waals surface area (Å²) in [6.45, 7) is 4.75. The summed E-state index contributed by atoms with van der Waals surface area (Å²) in [4.78, 5) is 12.0. The van der Waals surface area contributed by atoms with Gasteiger partial charge < -0.3 is 19.9 Å². The lowest BCUT2D eigenvalue weighted by atomic mass is 9.94. The zero-order valence-electron chi connectivity index (χ0n) is 22.7. The highest BCUT2D eigenvalue weighted by molar-refractivity contribution is 5.91. The lowest BCUT2D eigenvalue weighted by molar-refractivity contribution is -0.00329. The first kappa shape index (κ1) is 26.6. The highest BCUT2D eigenvalue weighted by atomic mass is 16.5. The van der Waals surface area contributed by atoms with E-state index in [9.17, 15) is 9.90 Å². The number of ether oxygens (including phenoxy) is 2. The van der Waals surface area contributed by atoms with Crippen LogP contribution in [-0.4, -0.2) is 43.0 Å². The van der Waals surface area contributed by atoms with Gasteiger partial charge in [0.15, 0.2) is 0 Å². The zero-order chi connectivity index (χ0) is 26.7. The Morgan fingerprint density at radius 1 is 1.05 bits per heavy atom. The number of esters is 1. The first-order valence-electron chi connectivity index (χ1n) is 13.8. The average molecular weight is 514 g/mol. The number of aliphatic hydroxyl groups excluding tert-OH is 1. The second-order valence-electron chi connectivity index (χ2n) is 11.1. The molecule has 0 heterocycles. The summed E-state index contributed by atoms with van der Waals surface area (Å²) in [6, 6.07) is 22.7. The number of carbonyl (C=O) groups is 1. The van der Waals surface area contributed by atoms with Crippen LogP contribution in [-0.2, 0) is 22.3 Å². The summed E-state index contributed by atoms with van der Waals surface area (Å²) in [5.41, 5.74) is 7.76. The molecule has 0 amide bonds. The van der Waals surface area contributed by atoms with Gasteiger partial charge in [-0.2, -0.15) is 0 Å². The highest BCUT2D eigenvalue weighted by Gasteiger charge is 2.44. The molecule has 0 bridgehead atoms. The van der Waals surface area contributed by atoms with Crippen molar-refractivity contribution in [3.63, 3.8) is 0 Å². The van der Waals surface area contributed by atoms with Crippen LogP contribution in [0.1, 0.15) is 64.9 Å². The maximum Gasteiger partial charge on any atom is 0.338 e. The van der Waals surface area contributed by atoms with Gasteiger partial charge in [-0.15, -0.1) is 0 Å². The number of hydrogen-bond donors (Lipinski definition) is 2. The molecule has 38 heavy (non-hydrogen) atoms. The van der Waals surface area contributed by atoms with Crippen molar-refractivity contribution in [2.45, 2.75) is 63.7 Å². The van der Waals surface area contributed by atoms with E-state index in [0.717, 1.165) is 22.3 Å². The largest absolute Gasteiger partial charge is 0.465 e. The Kier molecular flexibility index (Phi) is 7.98. The molecule has 5 heteroatoms. The number of rotatable bonds is 11. The second-order valence-corrected chi connectivity index (χ2v) is 11.1. The number of aryl methyl sites for hydroxylation is 1. The molecule has 3 aromatic carbocycles. The second kappa shape index (κ2) is 11.4. The van der Waals surface area contributed by atoms with E-state index in [-0.39, 0.29) is 24.2 Å². The molecule has 2 atom stereocenters. The van der Waals surface area contributed by atoms with Gasteiger partial charge in [-0.25, -0.2) is 4.79 Å². The van der Waals surface area contributed by atoms with Gasteiger partial charge in [0.1, 0.15) is 0 Å². The van der Waals surface area contributed by atoms with E-state index in [1.54, 1.807) is 0 Å². The van der Waals surface area contributed by atoms with Crippen molar-refractivity contribution < 1.29 is 19.4 Å². The Morgan fingerprint density at radius 2 is 1.74 bits per heavy atom. The third-order valence-corrected chi connectivity index (χ3v) is 8.26. The van der Waals surface area contributed by atoms with Crippen molar-refractivity contribution in [2.24, 2.45) is 5.92 Å². The van der Waals surface area contributed by atoms with Crippen molar-refractivity contribution in [1.29, 1.82) is 0 Å². The molecule has 0 saturated heterocycles. The molecule has 2 aliphatic carbocycles. The van der Waals surface area contributed by atoms with Gasteiger partial charge in [0.25, 0.3) is 0 Å². The van der Waals surface area contributed by atoms with Gasteiger partial charge in [0.2, 0.25) is 0 Å². The molecule has 3 aromatic rings. The van der Waals surface area contributed by atoms with Gasteiger partial charge in [0, 0.05) is 12.1 Å². The van der Waals surface area contributed by atoms with Gasteiger partial charge in [-0.1, -0.05) is 60.7 Å². The molecule has 1 unspecified atom stereocenters. The minimum absolute atomic E-state index is 0.181. The van der Waals surface area contributed by atoms with E-state index >= 15 is 0 Å². The predicted molar refractivity (Wildman–Crippen MR) is 150 cm³/mol. The number of aliphatic hydroxyl groups is 1. The van der Waals surface area contributed by atoms with Crippen LogP contribution >= 0.6 is 0 Å². The number of fused-ring (bicyclic) bond motifs is 1. The van der Waals surface area contributed by atoms with Crippen LogP contribution in [0.3, 0.4) is 0 Å². The molecule has 1 saturated carbocycles. The van der Waals surface area contributed by atoms with Gasteiger partial charge in [-0.3, -0.25) is 0 Å². The SMILES string of the molecule is COC(=O)c1ccc(-c2ccccc2C(C)OC[C@H](O)CNC2(CC3Cc4ccccc4C3)CC2)cc1C. The van der Waals surface area contributed by atoms with Gasteiger partial charge >= 0.3 is 5.97 Å². The monoisotopic (exact) mass is 513 g/mol. The number of methoxy groups -OCH3 is 1. The van der Waals surface area contributed by atoms with Crippen molar-refractivity contribution in [1.82, 2.24) is 5.32 Å². The Labute approximate surface area is 226 Å². The maximum absolute atomic E-state index is 12.0. The summed E-state index contributed by atoms with van der Waals surface area (Å²) in [7, 11) is 1.40.